The third-order valence-corrected chi connectivity index (χ3v) is 4.46. The van der Waals surface area contributed by atoms with E-state index in [1.54, 1.807) is 0 Å². The summed E-state index contributed by atoms with van der Waals surface area (Å²) < 4.78 is 0. The van der Waals surface area contributed by atoms with Crippen LogP contribution in [0.4, 0.5) is 0 Å². The summed E-state index contributed by atoms with van der Waals surface area (Å²) in [6.45, 7) is 8.87. The number of aliphatic hydroxyl groups is 1. The molecule has 2 atom stereocenters. The Balaban J connectivity index is 2.50. The molecule has 0 spiro atoms. The van der Waals surface area contributed by atoms with Gasteiger partial charge in [0.25, 0.3) is 0 Å². The molecule has 2 rings (SSSR count). The molecule has 1 saturated carbocycles. The predicted octanol–water partition coefficient (Wildman–Crippen LogP) is 4.38. The second-order valence-corrected chi connectivity index (χ2v) is 6.87. The van der Waals surface area contributed by atoms with Gasteiger partial charge in [0.1, 0.15) is 0 Å². The Labute approximate surface area is 111 Å². The minimum absolute atomic E-state index is 0.0868. The fourth-order valence-electron chi connectivity index (χ4n) is 3.24. The highest BCUT2D eigenvalue weighted by molar-refractivity contribution is 5.37. The zero-order valence-corrected chi connectivity index (χ0v) is 12.2. The lowest BCUT2D eigenvalue weighted by atomic mass is 9.68. The minimum Gasteiger partial charge on any atom is -0.385 e. The maximum atomic E-state index is 11.2. The van der Waals surface area contributed by atoms with Crippen molar-refractivity contribution in [3.05, 3.63) is 35.4 Å². The average molecular weight is 246 g/mol. The summed E-state index contributed by atoms with van der Waals surface area (Å²) in [4.78, 5) is 0. The van der Waals surface area contributed by atoms with Gasteiger partial charge in [-0.3, -0.25) is 0 Å². The molecular formula is C17H26O. The van der Waals surface area contributed by atoms with E-state index < -0.39 is 5.60 Å². The maximum absolute atomic E-state index is 11.2. The van der Waals surface area contributed by atoms with E-state index in [2.05, 4.69) is 52.0 Å². The van der Waals surface area contributed by atoms with Crippen molar-refractivity contribution in [2.75, 3.05) is 0 Å². The van der Waals surface area contributed by atoms with Gasteiger partial charge in [0.2, 0.25) is 0 Å². The molecule has 1 N–H and O–H groups in total. The monoisotopic (exact) mass is 246 g/mol. The summed E-state index contributed by atoms with van der Waals surface area (Å²) in [5.41, 5.74) is 1.91. The first-order chi connectivity index (χ1) is 8.36. The van der Waals surface area contributed by atoms with Crippen molar-refractivity contribution >= 4 is 0 Å². The molecule has 1 aromatic rings. The molecule has 0 radical (unpaired) electrons. The maximum Gasteiger partial charge on any atom is 0.0924 e. The van der Waals surface area contributed by atoms with Gasteiger partial charge in [-0.05, 0) is 35.3 Å². The molecule has 2 unspecified atom stereocenters. The van der Waals surface area contributed by atoms with Crippen LogP contribution in [0.3, 0.4) is 0 Å². The van der Waals surface area contributed by atoms with E-state index in [9.17, 15) is 5.11 Å². The lowest BCUT2D eigenvalue weighted by Crippen LogP contribution is -2.38. The van der Waals surface area contributed by atoms with Crippen LogP contribution in [0.1, 0.15) is 64.5 Å². The summed E-state index contributed by atoms with van der Waals surface area (Å²) in [5, 5.41) is 11.2. The van der Waals surface area contributed by atoms with Crippen molar-refractivity contribution in [3.8, 4) is 0 Å². The van der Waals surface area contributed by atoms with Crippen molar-refractivity contribution in [1.82, 2.24) is 0 Å². The van der Waals surface area contributed by atoms with Crippen LogP contribution in [0.2, 0.25) is 0 Å². The van der Waals surface area contributed by atoms with Crippen LogP contribution >= 0.6 is 0 Å². The predicted molar refractivity (Wildman–Crippen MR) is 76.7 cm³/mol. The van der Waals surface area contributed by atoms with Gasteiger partial charge in [-0.1, -0.05) is 64.8 Å². The zero-order chi connectivity index (χ0) is 13.4. The second-order valence-electron chi connectivity index (χ2n) is 6.87. The first-order valence-corrected chi connectivity index (χ1v) is 7.18. The Bertz CT molecular complexity index is 416. The molecule has 1 aliphatic carbocycles. The molecule has 1 nitrogen and oxygen atoms in total. The molecule has 0 aliphatic heterocycles. The number of rotatable bonds is 1. The summed E-state index contributed by atoms with van der Waals surface area (Å²) >= 11 is 0. The van der Waals surface area contributed by atoms with Crippen LogP contribution in [-0.2, 0) is 11.0 Å². The van der Waals surface area contributed by atoms with E-state index in [0.717, 1.165) is 24.8 Å². The molecule has 1 heteroatoms. The molecule has 100 valence electrons. The fraction of sp³-hybridized carbons (Fsp3) is 0.647. The highest BCUT2D eigenvalue weighted by Crippen LogP contribution is 2.44. The normalized spacial score (nSPS) is 29.3. The molecule has 1 aromatic carbocycles. The Kier molecular flexibility index (Phi) is 3.55. The highest BCUT2D eigenvalue weighted by Gasteiger charge is 2.40. The van der Waals surface area contributed by atoms with E-state index in [4.69, 9.17) is 0 Å². The number of hydrogen-bond donors (Lipinski definition) is 1. The molecule has 1 fully saturated rings. The smallest absolute Gasteiger partial charge is 0.0924 e. The van der Waals surface area contributed by atoms with Crippen LogP contribution in [0, 0.1) is 5.92 Å². The zero-order valence-electron chi connectivity index (χ0n) is 12.2. The van der Waals surface area contributed by atoms with Crippen LogP contribution in [-0.4, -0.2) is 5.11 Å². The first-order valence-electron chi connectivity index (χ1n) is 7.18. The molecule has 0 aromatic heterocycles. The minimum atomic E-state index is -0.623. The van der Waals surface area contributed by atoms with E-state index in [1.165, 1.54) is 12.0 Å². The van der Waals surface area contributed by atoms with Crippen molar-refractivity contribution < 1.29 is 5.11 Å². The lowest BCUT2D eigenvalue weighted by Gasteiger charge is -2.41. The number of hydrogen-bond acceptors (Lipinski definition) is 1. The van der Waals surface area contributed by atoms with Crippen molar-refractivity contribution in [2.24, 2.45) is 5.92 Å². The van der Waals surface area contributed by atoms with Crippen molar-refractivity contribution in [1.29, 1.82) is 0 Å². The largest absolute Gasteiger partial charge is 0.385 e. The second kappa shape index (κ2) is 4.70. The summed E-state index contributed by atoms with van der Waals surface area (Å²) in [7, 11) is 0. The molecule has 0 bridgehead atoms. The molecule has 0 amide bonds. The van der Waals surface area contributed by atoms with Crippen LogP contribution in [0.15, 0.2) is 24.3 Å². The number of benzene rings is 1. The highest BCUT2D eigenvalue weighted by atomic mass is 16.3. The van der Waals surface area contributed by atoms with Gasteiger partial charge in [0, 0.05) is 0 Å². The van der Waals surface area contributed by atoms with E-state index >= 15 is 0 Å². The third-order valence-electron chi connectivity index (χ3n) is 4.46. The first kappa shape index (κ1) is 13.6. The van der Waals surface area contributed by atoms with E-state index in [0.29, 0.717) is 5.92 Å². The van der Waals surface area contributed by atoms with Crippen LogP contribution in [0.5, 0.6) is 0 Å². The Hall–Kier alpha value is -0.820. The topological polar surface area (TPSA) is 20.2 Å². The van der Waals surface area contributed by atoms with Gasteiger partial charge < -0.3 is 5.11 Å². The molecule has 0 saturated heterocycles. The fourth-order valence-corrected chi connectivity index (χ4v) is 3.24. The Morgan fingerprint density at radius 2 is 1.83 bits per heavy atom. The van der Waals surface area contributed by atoms with Crippen LogP contribution < -0.4 is 0 Å². The van der Waals surface area contributed by atoms with Gasteiger partial charge in [-0.2, -0.15) is 0 Å². The van der Waals surface area contributed by atoms with E-state index in [-0.39, 0.29) is 5.41 Å². The van der Waals surface area contributed by atoms with Crippen molar-refractivity contribution in [3.63, 3.8) is 0 Å². The standard InChI is InChI=1S/C17H26O/c1-13-9-7-8-12-17(13,18)15-11-6-5-10-14(15)16(2,3)4/h5-6,10-11,13,18H,7-9,12H2,1-4H3. The van der Waals surface area contributed by atoms with Gasteiger partial charge in [0.05, 0.1) is 5.60 Å². The van der Waals surface area contributed by atoms with Gasteiger partial charge in [-0.25, -0.2) is 0 Å². The average Bonchev–Trinajstić information content (AvgIpc) is 2.32. The van der Waals surface area contributed by atoms with Crippen molar-refractivity contribution in [2.45, 2.75) is 64.4 Å². The summed E-state index contributed by atoms with van der Waals surface area (Å²) in [5.74, 6) is 0.356. The quantitative estimate of drug-likeness (QED) is 0.779. The molecule has 18 heavy (non-hydrogen) atoms. The molecule has 1 aliphatic rings. The summed E-state index contributed by atoms with van der Waals surface area (Å²) in [6.07, 6.45) is 4.43. The Morgan fingerprint density at radius 1 is 1.17 bits per heavy atom. The molecule has 0 heterocycles. The van der Waals surface area contributed by atoms with Gasteiger partial charge >= 0.3 is 0 Å². The van der Waals surface area contributed by atoms with Gasteiger partial charge in [0.15, 0.2) is 0 Å². The van der Waals surface area contributed by atoms with Crippen LogP contribution in [0.25, 0.3) is 0 Å². The Morgan fingerprint density at radius 3 is 2.44 bits per heavy atom. The molecular weight excluding hydrogens is 220 g/mol. The third kappa shape index (κ3) is 2.33. The van der Waals surface area contributed by atoms with E-state index in [1.807, 2.05) is 0 Å². The SMILES string of the molecule is CC1CCCCC1(O)c1ccccc1C(C)(C)C. The van der Waals surface area contributed by atoms with Gasteiger partial charge in [-0.15, -0.1) is 0 Å². The summed E-state index contributed by atoms with van der Waals surface area (Å²) in [6, 6.07) is 8.45. The lowest BCUT2D eigenvalue weighted by molar-refractivity contribution is -0.0482.